The second-order valence-electron chi connectivity index (χ2n) is 8.62. The standard InChI is InChI=1S/C28H28F2N2O3/c29-21-12-9-15-23(18-21)32(26(33)19-35-25-17-8-7-16-24(25)30)27(20-10-3-1-4-11-20)28(34)31-22-13-5-2-6-14-22/h1,3-4,7-12,15-18,22,27H,2,5-6,13-14,19H2,(H,31,34). The molecule has 0 saturated heterocycles. The van der Waals surface area contributed by atoms with Crippen LogP contribution in [0.2, 0.25) is 0 Å². The number of amides is 2. The highest BCUT2D eigenvalue weighted by atomic mass is 19.1. The third-order valence-corrected chi connectivity index (χ3v) is 6.12. The third kappa shape index (κ3) is 6.23. The Hall–Kier alpha value is -3.74. The molecule has 1 unspecified atom stereocenters. The van der Waals surface area contributed by atoms with Crippen LogP contribution in [0.4, 0.5) is 14.5 Å². The molecule has 1 N–H and O–H groups in total. The van der Waals surface area contributed by atoms with Crippen LogP contribution in [0.1, 0.15) is 43.7 Å². The molecular weight excluding hydrogens is 450 g/mol. The van der Waals surface area contributed by atoms with Gasteiger partial charge in [0, 0.05) is 11.7 Å². The topological polar surface area (TPSA) is 58.6 Å². The fourth-order valence-electron chi connectivity index (χ4n) is 4.41. The van der Waals surface area contributed by atoms with E-state index in [4.69, 9.17) is 4.74 Å². The molecule has 1 atom stereocenters. The van der Waals surface area contributed by atoms with Crippen molar-refractivity contribution in [2.75, 3.05) is 11.5 Å². The maximum absolute atomic E-state index is 14.2. The van der Waals surface area contributed by atoms with Crippen LogP contribution in [-0.4, -0.2) is 24.5 Å². The first-order chi connectivity index (χ1) is 17.0. The van der Waals surface area contributed by atoms with Gasteiger partial charge in [-0.15, -0.1) is 0 Å². The number of anilines is 1. The largest absolute Gasteiger partial charge is 0.481 e. The van der Waals surface area contributed by atoms with E-state index in [1.807, 2.05) is 6.07 Å². The van der Waals surface area contributed by atoms with Crippen LogP contribution < -0.4 is 15.0 Å². The lowest BCUT2D eigenvalue weighted by Crippen LogP contribution is -2.48. The van der Waals surface area contributed by atoms with Crippen molar-refractivity contribution in [3.8, 4) is 5.75 Å². The first-order valence-corrected chi connectivity index (χ1v) is 11.8. The van der Waals surface area contributed by atoms with Crippen molar-refractivity contribution >= 4 is 17.5 Å². The lowest BCUT2D eigenvalue weighted by atomic mass is 9.94. The van der Waals surface area contributed by atoms with Gasteiger partial charge in [0.2, 0.25) is 5.91 Å². The maximum Gasteiger partial charge on any atom is 0.265 e. The smallest absolute Gasteiger partial charge is 0.265 e. The number of nitrogens with one attached hydrogen (secondary N) is 1. The maximum atomic E-state index is 14.2. The molecule has 7 heteroatoms. The van der Waals surface area contributed by atoms with Gasteiger partial charge in [-0.05, 0) is 48.7 Å². The van der Waals surface area contributed by atoms with Crippen molar-refractivity contribution in [3.05, 3.63) is 96.1 Å². The van der Waals surface area contributed by atoms with Crippen molar-refractivity contribution < 1.29 is 23.1 Å². The zero-order chi connectivity index (χ0) is 24.6. The number of hydrogen-bond acceptors (Lipinski definition) is 3. The van der Waals surface area contributed by atoms with Crippen molar-refractivity contribution in [1.82, 2.24) is 5.32 Å². The molecule has 2 amide bonds. The fraction of sp³-hybridized carbons (Fsp3) is 0.286. The van der Waals surface area contributed by atoms with E-state index < -0.39 is 30.2 Å². The Kier molecular flexibility index (Phi) is 8.08. The number of hydrogen-bond donors (Lipinski definition) is 1. The SMILES string of the molecule is O=C(NC1CCCCC1)C(c1ccccc1)N(C(=O)COc1ccccc1F)c1cccc(F)c1. The van der Waals surface area contributed by atoms with Crippen LogP contribution in [0.3, 0.4) is 0 Å². The Balaban J connectivity index is 1.68. The summed E-state index contributed by atoms with van der Waals surface area (Å²) in [7, 11) is 0. The Morgan fingerprint density at radius 1 is 0.914 bits per heavy atom. The molecule has 3 aromatic carbocycles. The molecule has 35 heavy (non-hydrogen) atoms. The van der Waals surface area contributed by atoms with Crippen LogP contribution in [0, 0.1) is 11.6 Å². The molecule has 3 aromatic rings. The summed E-state index contributed by atoms with van der Waals surface area (Å²) in [5, 5.41) is 3.09. The molecule has 0 spiro atoms. The van der Waals surface area contributed by atoms with Gasteiger partial charge in [0.1, 0.15) is 11.9 Å². The lowest BCUT2D eigenvalue weighted by Gasteiger charge is -2.33. The minimum atomic E-state index is -1.06. The van der Waals surface area contributed by atoms with Crippen LogP contribution in [0.15, 0.2) is 78.9 Å². The zero-order valence-corrected chi connectivity index (χ0v) is 19.3. The fourth-order valence-corrected chi connectivity index (χ4v) is 4.41. The Bertz CT molecular complexity index is 1150. The summed E-state index contributed by atoms with van der Waals surface area (Å²) in [6.07, 6.45) is 4.94. The Morgan fingerprint density at radius 2 is 1.63 bits per heavy atom. The molecule has 182 valence electrons. The summed E-state index contributed by atoms with van der Waals surface area (Å²) in [4.78, 5) is 28.4. The molecule has 1 fully saturated rings. The lowest BCUT2D eigenvalue weighted by molar-refractivity contribution is -0.128. The average Bonchev–Trinajstić information content (AvgIpc) is 2.87. The molecule has 1 aliphatic carbocycles. The van der Waals surface area contributed by atoms with E-state index in [9.17, 15) is 18.4 Å². The molecule has 1 aliphatic rings. The van der Waals surface area contributed by atoms with E-state index in [0.717, 1.165) is 32.1 Å². The number of ether oxygens (including phenoxy) is 1. The highest BCUT2D eigenvalue weighted by Crippen LogP contribution is 2.30. The second-order valence-corrected chi connectivity index (χ2v) is 8.62. The summed E-state index contributed by atoms with van der Waals surface area (Å²) in [5.74, 6) is -2.19. The number of halogens is 2. The quantitative estimate of drug-likeness (QED) is 0.461. The van der Waals surface area contributed by atoms with E-state index in [0.29, 0.717) is 5.56 Å². The molecule has 0 aromatic heterocycles. The van der Waals surface area contributed by atoms with Crippen LogP contribution in [0.5, 0.6) is 5.75 Å². The summed E-state index contributed by atoms with van der Waals surface area (Å²) in [6, 6.07) is 19.1. The highest BCUT2D eigenvalue weighted by Gasteiger charge is 2.34. The second kappa shape index (κ2) is 11.6. The molecule has 0 aliphatic heterocycles. The molecule has 4 rings (SSSR count). The number of nitrogens with zero attached hydrogens (tertiary/aromatic N) is 1. The van der Waals surface area contributed by atoms with E-state index in [-0.39, 0.29) is 23.4 Å². The van der Waals surface area contributed by atoms with Crippen LogP contribution >= 0.6 is 0 Å². The van der Waals surface area contributed by atoms with E-state index in [2.05, 4.69) is 5.32 Å². The first kappa shape index (κ1) is 24.4. The van der Waals surface area contributed by atoms with E-state index in [1.165, 1.54) is 41.3 Å². The molecular formula is C28H28F2N2O3. The van der Waals surface area contributed by atoms with Gasteiger partial charge in [-0.2, -0.15) is 0 Å². The van der Waals surface area contributed by atoms with Gasteiger partial charge < -0.3 is 10.1 Å². The summed E-state index contributed by atoms with van der Waals surface area (Å²) in [6.45, 7) is -0.530. The predicted molar refractivity (Wildman–Crippen MR) is 130 cm³/mol. The first-order valence-electron chi connectivity index (χ1n) is 11.8. The molecule has 1 saturated carbocycles. The van der Waals surface area contributed by atoms with Gasteiger partial charge in [-0.1, -0.05) is 67.8 Å². The minimum absolute atomic E-state index is 0.0154. The van der Waals surface area contributed by atoms with Gasteiger partial charge in [0.05, 0.1) is 0 Å². The average molecular weight is 479 g/mol. The number of rotatable bonds is 8. The predicted octanol–water partition coefficient (Wildman–Crippen LogP) is 5.57. The summed E-state index contributed by atoms with van der Waals surface area (Å²) < 4.78 is 33.7. The van der Waals surface area contributed by atoms with Crippen molar-refractivity contribution in [2.45, 2.75) is 44.2 Å². The highest BCUT2D eigenvalue weighted by molar-refractivity contribution is 6.02. The Morgan fingerprint density at radius 3 is 2.34 bits per heavy atom. The zero-order valence-electron chi connectivity index (χ0n) is 19.3. The van der Waals surface area contributed by atoms with Gasteiger partial charge in [0.15, 0.2) is 18.2 Å². The van der Waals surface area contributed by atoms with Crippen molar-refractivity contribution in [1.29, 1.82) is 0 Å². The van der Waals surface area contributed by atoms with Gasteiger partial charge in [-0.3, -0.25) is 14.5 Å². The third-order valence-electron chi connectivity index (χ3n) is 6.12. The van der Waals surface area contributed by atoms with E-state index in [1.54, 1.807) is 36.4 Å². The normalized spacial score (nSPS) is 14.7. The number of benzene rings is 3. The van der Waals surface area contributed by atoms with Gasteiger partial charge in [0.25, 0.3) is 5.91 Å². The molecule has 0 bridgehead atoms. The van der Waals surface area contributed by atoms with Crippen molar-refractivity contribution in [2.24, 2.45) is 0 Å². The molecule has 0 heterocycles. The number of carbonyl (C=O) groups is 2. The monoisotopic (exact) mass is 478 g/mol. The minimum Gasteiger partial charge on any atom is -0.481 e. The van der Waals surface area contributed by atoms with Gasteiger partial charge in [-0.25, -0.2) is 8.78 Å². The van der Waals surface area contributed by atoms with Gasteiger partial charge >= 0.3 is 0 Å². The molecule has 5 nitrogen and oxygen atoms in total. The summed E-state index contributed by atoms with van der Waals surface area (Å²) in [5.41, 5.74) is 0.782. The number of para-hydroxylation sites is 1. The number of carbonyl (C=O) groups excluding carboxylic acids is 2. The van der Waals surface area contributed by atoms with E-state index >= 15 is 0 Å². The summed E-state index contributed by atoms with van der Waals surface area (Å²) >= 11 is 0. The van der Waals surface area contributed by atoms with Crippen LogP contribution in [0.25, 0.3) is 0 Å². The van der Waals surface area contributed by atoms with Crippen molar-refractivity contribution in [3.63, 3.8) is 0 Å². The van der Waals surface area contributed by atoms with Crippen LogP contribution in [-0.2, 0) is 9.59 Å². The Labute approximate surface area is 203 Å². The molecule has 0 radical (unpaired) electrons.